The van der Waals surface area contributed by atoms with Crippen LogP contribution in [0.25, 0.3) is 6.08 Å². The van der Waals surface area contributed by atoms with Crippen molar-refractivity contribution < 1.29 is 23.9 Å². The van der Waals surface area contributed by atoms with Crippen molar-refractivity contribution in [1.82, 2.24) is 5.32 Å². The normalized spacial score (nSPS) is 15.0. The summed E-state index contributed by atoms with van der Waals surface area (Å²) >= 11 is 0. The Kier molecular flexibility index (Phi) is 8.38. The van der Waals surface area contributed by atoms with Crippen molar-refractivity contribution in [3.63, 3.8) is 0 Å². The summed E-state index contributed by atoms with van der Waals surface area (Å²) in [5, 5.41) is 2.91. The molecule has 4 rings (SSSR count). The molecule has 3 aromatic rings. The van der Waals surface area contributed by atoms with Crippen molar-refractivity contribution in [2.75, 3.05) is 18.1 Å². The van der Waals surface area contributed by atoms with E-state index in [1.54, 1.807) is 44.2 Å². The molecule has 194 valence electrons. The number of esters is 1. The zero-order chi connectivity index (χ0) is 27.1. The highest BCUT2D eigenvalue weighted by molar-refractivity contribution is 6.23. The maximum Gasteiger partial charge on any atom is 0.340 e. The Morgan fingerprint density at radius 2 is 1.58 bits per heavy atom. The fourth-order valence-corrected chi connectivity index (χ4v) is 4.25. The Bertz CT molecular complexity index is 1360. The second kappa shape index (κ2) is 12.1. The minimum atomic E-state index is -0.543. The van der Waals surface area contributed by atoms with Gasteiger partial charge in [-0.05, 0) is 62.2 Å². The highest BCUT2D eigenvalue weighted by Gasteiger charge is 2.38. The van der Waals surface area contributed by atoms with E-state index in [9.17, 15) is 14.4 Å². The molecule has 1 N–H and O–H groups in total. The molecule has 0 radical (unpaired) electrons. The SMILES string of the molecule is CCOC(=O)C1=C(C)N(c2ccccc2)C(=O)/C1=C\c1ccc(OCC(=O)N[C@H](C)c2ccccc2)cc1. The van der Waals surface area contributed by atoms with E-state index in [0.717, 1.165) is 5.56 Å². The molecule has 38 heavy (non-hydrogen) atoms. The van der Waals surface area contributed by atoms with E-state index in [-0.39, 0.29) is 42.2 Å². The van der Waals surface area contributed by atoms with Crippen LogP contribution in [-0.4, -0.2) is 31.0 Å². The number of benzene rings is 3. The van der Waals surface area contributed by atoms with Gasteiger partial charge in [-0.2, -0.15) is 0 Å². The van der Waals surface area contributed by atoms with Gasteiger partial charge in [0.2, 0.25) is 0 Å². The van der Waals surface area contributed by atoms with Crippen LogP contribution in [0.2, 0.25) is 0 Å². The van der Waals surface area contributed by atoms with Crippen LogP contribution in [0.5, 0.6) is 5.75 Å². The van der Waals surface area contributed by atoms with Crippen LogP contribution in [0.3, 0.4) is 0 Å². The predicted octanol–water partition coefficient (Wildman–Crippen LogP) is 5.21. The fourth-order valence-electron chi connectivity index (χ4n) is 4.25. The predicted molar refractivity (Wildman–Crippen MR) is 146 cm³/mol. The molecule has 0 spiro atoms. The van der Waals surface area contributed by atoms with E-state index in [4.69, 9.17) is 9.47 Å². The van der Waals surface area contributed by atoms with Crippen LogP contribution in [0, 0.1) is 0 Å². The van der Waals surface area contributed by atoms with E-state index in [2.05, 4.69) is 5.32 Å². The second-order valence-electron chi connectivity index (χ2n) is 8.77. The molecule has 0 saturated carbocycles. The molecular weight excluding hydrogens is 480 g/mol. The molecule has 1 aliphatic rings. The van der Waals surface area contributed by atoms with Crippen molar-refractivity contribution in [1.29, 1.82) is 0 Å². The molecule has 7 nitrogen and oxygen atoms in total. The Labute approximate surface area is 222 Å². The van der Waals surface area contributed by atoms with Crippen molar-refractivity contribution >= 4 is 29.5 Å². The molecular formula is C31H30N2O5. The third-order valence-corrected chi connectivity index (χ3v) is 6.13. The topological polar surface area (TPSA) is 84.9 Å². The highest BCUT2D eigenvalue weighted by Crippen LogP contribution is 2.35. The van der Waals surface area contributed by atoms with Gasteiger partial charge in [-0.15, -0.1) is 0 Å². The molecule has 0 bridgehead atoms. The molecule has 0 unspecified atom stereocenters. The number of para-hydroxylation sites is 1. The first-order valence-electron chi connectivity index (χ1n) is 12.5. The summed E-state index contributed by atoms with van der Waals surface area (Å²) in [6.07, 6.45) is 1.67. The van der Waals surface area contributed by atoms with Crippen LogP contribution in [0.4, 0.5) is 5.69 Å². The molecule has 1 atom stereocenters. The molecule has 2 amide bonds. The van der Waals surface area contributed by atoms with Gasteiger partial charge in [-0.3, -0.25) is 14.5 Å². The monoisotopic (exact) mass is 510 g/mol. The number of anilines is 1. The number of ether oxygens (including phenoxy) is 2. The number of amides is 2. The quantitative estimate of drug-likeness (QED) is 0.316. The number of allylic oxidation sites excluding steroid dienone is 1. The number of hydrogen-bond acceptors (Lipinski definition) is 5. The van der Waals surface area contributed by atoms with Crippen molar-refractivity contribution in [3.05, 3.63) is 113 Å². The van der Waals surface area contributed by atoms with E-state index >= 15 is 0 Å². The lowest BCUT2D eigenvalue weighted by atomic mass is 10.0. The van der Waals surface area contributed by atoms with Crippen molar-refractivity contribution in [2.24, 2.45) is 0 Å². The van der Waals surface area contributed by atoms with Gasteiger partial charge in [0.1, 0.15) is 5.75 Å². The van der Waals surface area contributed by atoms with E-state index in [0.29, 0.717) is 22.7 Å². The fraction of sp³-hybridized carbons (Fsp3) is 0.194. The number of nitrogens with one attached hydrogen (secondary N) is 1. The summed E-state index contributed by atoms with van der Waals surface area (Å²) in [6.45, 7) is 5.45. The summed E-state index contributed by atoms with van der Waals surface area (Å²) in [4.78, 5) is 40.1. The molecule has 0 aliphatic carbocycles. The average molecular weight is 511 g/mol. The number of carbonyl (C=O) groups excluding carboxylic acids is 3. The van der Waals surface area contributed by atoms with Gasteiger partial charge in [0, 0.05) is 11.4 Å². The van der Waals surface area contributed by atoms with Crippen molar-refractivity contribution in [2.45, 2.75) is 26.8 Å². The van der Waals surface area contributed by atoms with Gasteiger partial charge >= 0.3 is 5.97 Å². The van der Waals surface area contributed by atoms with Gasteiger partial charge in [0.05, 0.1) is 23.8 Å². The minimum absolute atomic E-state index is 0.128. The van der Waals surface area contributed by atoms with Gasteiger partial charge in [-0.25, -0.2) is 4.79 Å². The average Bonchev–Trinajstić information content (AvgIpc) is 3.18. The van der Waals surface area contributed by atoms with Crippen LogP contribution >= 0.6 is 0 Å². The first-order valence-corrected chi connectivity index (χ1v) is 12.5. The van der Waals surface area contributed by atoms with E-state index < -0.39 is 5.97 Å². The lowest BCUT2D eigenvalue weighted by Gasteiger charge is -2.17. The number of carbonyl (C=O) groups is 3. The second-order valence-corrected chi connectivity index (χ2v) is 8.77. The van der Waals surface area contributed by atoms with Gasteiger partial charge in [-0.1, -0.05) is 60.7 Å². The lowest BCUT2D eigenvalue weighted by molar-refractivity contribution is -0.138. The zero-order valence-corrected chi connectivity index (χ0v) is 21.6. The first kappa shape index (κ1) is 26.4. The molecule has 1 heterocycles. The summed E-state index contributed by atoms with van der Waals surface area (Å²) in [7, 11) is 0. The molecule has 3 aromatic carbocycles. The summed E-state index contributed by atoms with van der Waals surface area (Å²) in [5.74, 6) is -0.569. The minimum Gasteiger partial charge on any atom is -0.484 e. The van der Waals surface area contributed by atoms with Gasteiger partial charge in [0.15, 0.2) is 6.61 Å². The maximum atomic E-state index is 13.4. The third-order valence-electron chi connectivity index (χ3n) is 6.13. The van der Waals surface area contributed by atoms with Crippen LogP contribution in [0.15, 0.2) is 102 Å². The highest BCUT2D eigenvalue weighted by atomic mass is 16.5. The van der Waals surface area contributed by atoms with Crippen molar-refractivity contribution in [3.8, 4) is 5.75 Å². The Morgan fingerprint density at radius 1 is 0.947 bits per heavy atom. The zero-order valence-electron chi connectivity index (χ0n) is 21.6. The maximum absolute atomic E-state index is 13.4. The molecule has 7 heteroatoms. The Hall–Kier alpha value is -4.65. The van der Waals surface area contributed by atoms with Crippen LogP contribution < -0.4 is 15.0 Å². The first-order chi connectivity index (χ1) is 18.4. The Balaban J connectivity index is 1.47. The summed E-state index contributed by atoms with van der Waals surface area (Å²) < 4.78 is 10.9. The Morgan fingerprint density at radius 3 is 2.21 bits per heavy atom. The van der Waals surface area contributed by atoms with Gasteiger partial charge < -0.3 is 14.8 Å². The van der Waals surface area contributed by atoms with Gasteiger partial charge in [0.25, 0.3) is 11.8 Å². The number of hydrogen-bond donors (Lipinski definition) is 1. The molecule has 0 saturated heterocycles. The van der Waals surface area contributed by atoms with E-state index in [1.807, 2.05) is 67.6 Å². The lowest BCUT2D eigenvalue weighted by Crippen LogP contribution is -2.31. The number of rotatable bonds is 9. The third kappa shape index (κ3) is 6.00. The van der Waals surface area contributed by atoms with E-state index in [1.165, 1.54) is 4.90 Å². The molecule has 1 aliphatic heterocycles. The van der Waals surface area contributed by atoms with Crippen LogP contribution in [0.1, 0.15) is 37.9 Å². The molecule has 0 aromatic heterocycles. The molecule has 0 fully saturated rings. The number of nitrogens with zero attached hydrogens (tertiary/aromatic N) is 1. The largest absolute Gasteiger partial charge is 0.484 e. The standard InChI is InChI=1S/C31H30N2O5/c1-4-37-31(36)29-22(3)33(25-13-9-6-10-14-25)30(35)27(29)19-23-15-17-26(18-16-23)38-20-28(34)32-21(2)24-11-7-5-8-12-24/h5-19,21H,4,20H2,1-3H3,(H,32,34)/b27-19-/t21-/m1/s1. The summed E-state index contributed by atoms with van der Waals surface area (Å²) in [5.41, 5.74) is 3.40. The smallest absolute Gasteiger partial charge is 0.340 e. The summed E-state index contributed by atoms with van der Waals surface area (Å²) in [6, 6.07) is 25.7. The van der Waals surface area contributed by atoms with Crippen LogP contribution in [-0.2, 0) is 19.1 Å².